The molecule has 1 fully saturated rings. The third kappa shape index (κ3) is 3.16. The largest absolute Gasteiger partial charge is 0.497 e. The molecule has 1 N–H and O–H groups in total. The third-order valence-corrected chi connectivity index (χ3v) is 3.74. The first-order valence-corrected chi connectivity index (χ1v) is 6.66. The summed E-state index contributed by atoms with van der Waals surface area (Å²) in [5, 5.41) is 3.14. The van der Waals surface area contributed by atoms with Crippen LogP contribution in [0.1, 0.15) is 18.0 Å². The summed E-state index contributed by atoms with van der Waals surface area (Å²) in [6.07, 6.45) is 0.357. The van der Waals surface area contributed by atoms with Gasteiger partial charge in [-0.05, 0) is 24.1 Å². The number of hydrogen-bond donors (Lipinski definition) is 1. The van der Waals surface area contributed by atoms with Crippen molar-refractivity contribution in [2.45, 2.75) is 18.5 Å². The van der Waals surface area contributed by atoms with Gasteiger partial charge in [-0.2, -0.15) is 0 Å². The Morgan fingerprint density at radius 3 is 2.19 bits per heavy atom. The van der Waals surface area contributed by atoms with E-state index in [2.05, 4.69) is 5.32 Å². The van der Waals surface area contributed by atoms with Crippen molar-refractivity contribution >= 4 is 11.9 Å². The van der Waals surface area contributed by atoms with Crippen LogP contribution in [0.25, 0.3) is 0 Å². The van der Waals surface area contributed by atoms with E-state index in [9.17, 15) is 9.59 Å². The second kappa shape index (κ2) is 6.58. The molecule has 6 heteroatoms. The van der Waals surface area contributed by atoms with Crippen LogP contribution < -0.4 is 10.1 Å². The molecule has 0 aromatic heterocycles. The van der Waals surface area contributed by atoms with Gasteiger partial charge in [0.1, 0.15) is 11.8 Å². The summed E-state index contributed by atoms with van der Waals surface area (Å²) in [5.74, 6) is -0.405. The summed E-state index contributed by atoms with van der Waals surface area (Å²) in [4.78, 5) is 23.6. The summed E-state index contributed by atoms with van der Waals surface area (Å²) in [6, 6.07) is 6.57. The molecule has 0 spiro atoms. The average molecular weight is 293 g/mol. The van der Waals surface area contributed by atoms with Crippen LogP contribution in [0.15, 0.2) is 24.3 Å². The minimum Gasteiger partial charge on any atom is -0.497 e. The first-order chi connectivity index (χ1) is 10.1. The van der Waals surface area contributed by atoms with Gasteiger partial charge < -0.3 is 14.2 Å². The monoisotopic (exact) mass is 293 g/mol. The van der Waals surface area contributed by atoms with Crippen molar-refractivity contribution < 1.29 is 23.8 Å². The summed E-state index contributed by atoms with van der Waals surface area (Å²) < 4.78 is 14.7. The molecule has 0 amide bonds. The quantitative estimate of drug-likeness (QED) is 0.837. The van der Waals surface area contributed by atoms with E-state index in [1.807, 2.05) is 24.3 Å². The lowest BCUT2D eigenvalue weighted by Gasteiger charge is -2.18. The molecule has 1 aromatic rings. The second-order valence-corrected chi connectivity index (χ2v) is 4.86. The lowest BCUT2D eigenvalue weighted by atomic mass is 9.93. The lowest BCUT2D eigenvalue weighted by Crippen LogP contribution is -2.33. The van der Waals surface area contributed by atoms with Gasteiger partial charge in [0.25, 0.3) is 0 Å². The SMILES string of the molecule is COC(=O)[C@@H]1C[C@H](C(=O)OC)[C@H](c2ccc(OC)cc2)N1. The van der Waals surface area contributed by atoms with Gasteiger partial charge in [-0.15, -0.1) is 0 Å². The number of rotatable bonds is 4. The maximum Gasteiger partial charge on any atom is 0.322 e. The van der Waals surface area contributed by atoms with Crippen LogP contribution in [0, 0.1) is 5.92 Å². The Labute approximate surface area is 123 Å². The molecule has 1 aliphatic rings. The van der Waals surface area contributed by atoms with Crippen molar-refractivity contribution in [2.24, 2.45) is 5.92 Å². The Morgan fingerprint density at radius 1 is 1.05 bits per heavy atom. The second-order valence-electron chi connectivity index (χ2n) is 4.86. The third-order valence-electron chi connectivity index (χ3n) is 3.74. The zero-order chi connectivity index (χ0) is 15.4. The highest BCUT2D eigenvalue weighted by atomic mass is 16.5. The highest BCUT2D eigenvalue weighted by Crippen LogP contribution is 2.34. The highest BCUT2D eigenvalue weighted by molar-refractivity contribution is 5.80. The van der Waals surface area contributed by atoms with Crippen molar-refractivity contribution in [1.82, 2.24) is 5.32 Å². The highest BCUT2D eigenvalue weighted by Gasteiger charge is 2.43. The Balaban J connectivity index is 2.24. The molecule has 21 heavy (non-hydrogen) atoms. The maximum absolute atomic E-state index is 11.9. The van der Waals surface area contributed by atoms with Crippen LogP contribution in [-0.2, 0) is 19.1 Å². The molecule has 0 bridgehead atoms. The number of methoxy groups -OCH3 is 3. The minimum absolute atomic E-state index is 0.285. The number of nitrogens with one attached hydrogen (secondary N) is 1. The van der Waals surface area contributed by atoms with Gasteiger partial charge in [0.05, 0.1) is 27.2 Å². The van der Waals surface area contributed by atoms with Crippen molar-refractivity contribution in [2.75, 3.05) is 21.3 Å². The molecular formula is C15H19NO5. The molecule has 0 radical (unpaired) electrons. The number of carbonyl (C=O) groups excluding carboxylic acids is 2. The van der Waals surface area contributed by atoms with Crippen molar-refractivity contribution in [3.8, 4) is 5.75 Å². The molecular weight excluding hydrogens is 274 g/mol. The fraction of sp³-hybridized carbons (Fsp3) is 0.467. The number of hydrogen-bond acceptors (Lipinski definition) is 6. The van der Waals surface area contributed by atoms with Crippen molar-refractivity contribution in [3.63, 3.8) is 0 Å². The lowest BCUT2D eigenvalue weighted by molar-refractivity contribution is -0.146. The van der Waals surface area contributed by atoms with E-state index < -0.39 is 12.0 Å². The van der Waals surface area contributed by atoms with E-state index in [1.165, 1.54) is 14.2 Å². The Hall–Kier alpha value is -2.08. The summed E-state index contributed by atoms with van der Waals surface area (Å²) in [5.41, 5.74) is 0.901. The van der Waals surface area contributed by atoms with E-state index in [-0.39, 0.29) is 18.0 Å². The predicted molar refractivity (Wildman–Crippen MR) is 74.8 cm³/mol. The molecule has 6 nitrogen and oxygen atoms in total. The van der Waals surface area contributed by atoms with E-state index in [1.54, 1.807) is 7.11 Å². The van der Waals surface area contributed by atoms with Gasteiger partial charge in [-0.3, -0.25) is 14.9 Å². The first kappa shape index (κ1) is 15.3. The normalized spacial score (nSPS) is 24.4. The van der Waals surface area contributed by atoms with Gasteiger partial charge >= 0.3 is 11.9 Å². The maximum atomic E-state index is 11.9. The summed E-state index contributed by atoms with van der Waals surface area (Å²) in [7, 11) is 4.27. The zero-order valence-corrected chi connectivity index (χ0v) is 12.3. The van der Waals surface area contributed by atoms with E-state index in [0.29, 0.717) is 6.42 Å². The van der Waals surface area contributed by atoms with Gasteiger partial charge in [-0.25, -0.2) is 0 Å². The van der Waals surface area contributed by atoms with Gasteiger partial charge in [0.2, 0.25) is 0 Å². The number of ether oxygens (including phenoxy) is 3. The van der Waals surface area contributed by atoms with Crippen LogP contribution in [0.3, 0.4) is 0 Å². The number of esters is 2. The van der Waals surface area contributed by atoms with Gasteiger partial charge in [0, 0.05) is 6.04 Å². The zero-order valence-electron chi connectivity index (χ0n) is 12.3. The molecule has 1 aliphatic heterocycles. The fourth-order valence-corrected chi connectivity index (χ4v) is 2.62. The Morgan fingerprint density at radius 2 is 1.67 bits per heavy atom. The van der Waals surface area contributed by atoms with Gasteiger partial charge in [0.15, 0.2) is 0 Å². The van der Waals surface area contributed by atoms with E-state index in [0.717, 1.165) is 11.3 Å². The first-order valence-electron chi connectivity index (χ1n) is 6.66. The molecule has 1 heterocycles. The summed E-state index contributed by atoms with van der Waals surface area (Å²) >= 11 is 0. The number of benzene rings is 1. The summed E-state index contributed by atoms with van der Waals surface area (Å²) in [6.45, 7) is 0. The van der Waals surface area contributed by atoms with Gasteiger partial charge in [-0.1, -0.05) is 12.1 Å². The van der Waals surface area contributed by atoms with Crippen LogP contribution in [-0.4, -0.2) is 39.3 Å². The molecule has 0 saturated carbocycles. The average Bonchev–Trinajstić information content (AvgIpc) is 2.98. The van der Waals surface area contributed by atoms with Crippen molar-refractivity contribution in [3.05, 3.63) is 29.8 Å². The predicted octanol–water partition coefficient (Wildman–Crippen LogP) is 1.06. The molecule has 2 rings (SSSR count). The van der Waals surface area contributed by atoms with Crippen LogP contribution in [0.2, 0.25) is 0 Å². The molecule has 3 atom stereocenters. The molecule has 1 aromatic carbocycles. The number of carbonyl (C=O) groups is 2. The topological polar surface area (TPSA) is 73.9 Å². The van der Waals surface area contributed by atoms with Crippen LogP contribution in [0.5, 0.6) is 5.75 Å². The Kier molecular flexibility index (Phi) is 4.80. The van der Waals surface area contributed by atoms with Crippen molar-refractivity contribution in [1.29, 1.82) is 0 Å². The minimum atomic E-state index is -0.508. The molecule has 0 aliphatic carbocycles. The van der Waals surface area contributed by atoms with E-state index >= 15 is 0 Å². The molecule has 0 unspecified atom stereocenters. The molecule has 114 valence electrons. The van der Waals surface area contributed by atoms with Crippen LogP contribution in [0.4, 0.5) is 0 Å². The molecule has 1 saturated heterocycles. The standard InChI is InChI=1S/C15H19NO5/c1-19-10-6-4-9(5-7-10)13-11(14(17)20-2)8-12(16-13)15(18)21-3/h4-7,11-13,16H,8H2,1-3H3/t11-,12-,13-/m0/s1. The fourth-order valence-electron chi connectivity index (χ4n) is 2.62. The van der Waals surface area contributed by atoms with E-state index in [4.69, 9.17) is 14.2 Å². The van der Waals surface area contributed by atoms with Crippen LogP contribution >= 0.6 is 0 Å². The smallest absolute Gasteiger partial charge is 0.322 e. The Bertz CT molecular complexity index is 513.